The normalized spacial score (nSPS) is 14.6. The Morgan fingerprint density at radius 3 is 1.52 bits per heavy atom. The van der Waals surface area contributed by atoms with Gasteiger partial charge in [0.25, 0.3) is 0 Å². The zero-order valence-corrected chi connectivity index (χ0v) is 61.0. The summed E-state index contributed by atoms with van der Waals surface area (Å²) >= 11 is 0. The van der Waals surface area contributed by atoms with Gasteiger partial charge in [-0.1, -0.05) is 255 Å². The molecule has 0 spiro atoms. The number of phosphoric ester groups is 1. The van der Waals surface area contributed by atoms with Crippen LogP contribution in [0.5, 0.6) is 0 Å². The minimum Gasteiger partial charge on any atom is -0.462 e. The maximum absolute atomic E-state index is 12.9. The molecule has 544 valence electrons. The average molecular weight is 1350 g/mol. The third-order valence-electron chi connectivity index (χ3n) is 16.7. The van der Waals surface area contributed by atoms with Gasteiger partial charge in [0.15, 0.2) is 6.10 Å². The zero-order chi connectivity index (χ0) is 68.9. The second kappa shape index (κ2) is 61.2. The Kier molecular flexibility index (Phi) is 57.2. The molecule has 0 heterocycles. The van der Waals surface area contributed by atoms with E-state index in [1.165, 1.54) is 172 Å². The van der Waals surface area contributed by atoms with Gasteiger partial charge in [-0.25, -0.2) is 9.36 Å². The van der Waals surface area contributed by atoms with E-state index in [4.69, 9.17) is 42.2 Å². The summed E-state index contributed by atoms with van der Waals surface area (Å²) in [5.41, 5.74) is 5.27. The molecule has 1 unspecified atom stereocenters. The summed E-state index contributed by atoms with van der Waals surface area (Å²) in [6.45, 7) is 16.0. The first-order chi connectivity index (χ1) is 45.5. The van der Waals surface area contributed by atoms with Crippen molar-refractivity contribution < 1.29 is 75.6 Å². The number of hydrogen-bond donors (Lipinski definition) is 3. The van der Waals surface area contributed by atoms with Gasteiger partial charge < -0.3 is 48.7 Å². The molecule has 2 atom stereocenters. The molecular weight excluding hydrogens is 1220 g/mol. The number of nitrogens with one attached hydrogen (secondary N) is 2. The molecule has 0 fully saturated rings. The van der Waals surface area contributed by atoms with E-state index in [2.05, 4.69) is 70.4 Å². The largest absolute Gasteiger partial charge is 0.472 e. The number of amides is 2. The van der Waals surface area contributed by atoms with E-state index in [1.807, 2.05) is 25.2 Å². The highest BCUT2D eigenvalue weighted by atomic mass is 31.2. The SMILES string of the molecule is CCCCCCCCCCCCCCCCCC(=O)OC[C@H](COP(=O)(O)OCCNC(=O)OCCOCCOCCOCCNC(=O)CCCC(=O)OC/C=C(C)/C=C/C=C(C)/C=C/C1=C(C)CCCC1(C)C)OC(=O)CCCCCCCCCCCCCCCCC. The van der Waals surface area contributed by atoms with Gasteiger partial charge in [-0.2, -0.15) is 0 Å². The summed E-state index contributed by atoms with van der Waals surface area (Å²) in [6, 6.07) is 0. The van der Waals surface area contributed by atoms with Crippen LogP contribution in [0.25, 0.3) is 0 Å². The van der Waals surface area contributed by atoms with Crippen molar-refractivity contribution in [1.29, 1.82) is 0 Å². The van der Waals surface area contributed by atoms with Crippen molar-refractivity contribution in [2.75, 3.05) is 85.8 Å². The predicted octanol–water partition coefficient (Wildman–Crippen LogP) is 18.2. The first kappa shape index (κ1) is 87.9. The van der Waals surface area contributed by atoms with Crippen molar-refractivity contribution >= 4 is 37.7 Å². The molecule has 19 heteroatoms. The van der Waals surface area contributed by atoms with Crippen LogP contribution in [0.3, 0.4) is 0 Å². The van der Waals surface area contributed by atoms with Crippen LogP contribution in [-0.4, -0.2) is 127 Å². The number of unbranched alkanes of at least 4 members (excludes halogenated alkanes) is 28. The molecule has 1 aliphatic rings. The molecule has 0 radical (unpaired) electrons. The summed E-state index contributed by atoms with van der Waals surface area (Å²) in [5.74, 6) is -1.46. The van der Waals surface area contributed by atoms with Crippen LogP contribution < -0.4 is 10.6 Å². The van der Waals surface area contributed by atoms with Crippen LogP contribution >= 0.6 is 7.82 Å². The minimum atomic E-state index is -4.67. The van der Waals surface area contributed by atoms with Gasteiger partial charge in [-0.05, 0) is 76.4 Å². The molecule has 0 saturated heterocycles. The molecular formula is C75H133N2O16P. The Hall–Kier alpha value is -4.16. The fourth-order valence-corrected chi connectivity index (χ4v) is 11.7. The van der Waals surface area contributed by atoms with Gasteiger partial charge in [0.2, 0.25) is 5.91 Å². The maximum Gasteiger partial charge on any atom is 0.472 e. The van der Waals surface area contributed by atoms with E-state index < -0.39 is 38.6 Å². The molecule has 1 rings (SSSR count). The molecule has 0 saturated carbocycles. The number of ether oxygens (including phenoxy) is 7. The van der Waals surface area contributed by atoms with E-state index >= 15 is 0 Å². The zero-order valence-electron chi connectivity index (χ0n) is 60.1. The smallest absolute Gasteiger partial charge is 0.462 e. The number of esters is 3. The van der Waals surface area contributed by atoms with E-state index in [0.29, 0.717) is 45.6 Å². The number of rotatable bonds is 64. The summed E-state index contributed by atoms with van der Waals surface area (Å²) in [5, 5.41) is 5.20. The monoisotopic (exact) mass is 1350 g/mol. The standard InChI is InChI=1S/C75H133N2O16P/c1-8-10-12-14-16-18-20-22-24-26-28-30-32-34-36-45-72(80)90-63-68(93-73(81)46-37-35-33-31-29-27-25-23-21-19-17-15-13-11-9-2)64-92-94(83,84)91-56-53-77-74(82)89-62-61-87-60-59-86-58-57-85-55-52-76-70(78)44-39-47-71(79)88-54-50-66(4)42-38-41-65(3)48-49-69-67(5)43-40-51-75(69,6)7/h38,41-42,48-50,68H,8-37,39-40,43-47,51-64H2,1-7H3,(H,76,78)(H,77,82)(H,83,84)/b42-38+,49-48+,65-41+,66-50+/t68-/m1/s1. The van der Waals surface area contributed by atoms with E-state index in [9.17, 15) is 33.4 Å². The minimum absolute atomic E-state index is 0.0546. The molecule has 0 aromatic heterocycles. The predicted molar refractivity (Wildman–Crippen MR) is 377 cm³/mol. The average Bonchev–Trinajstić information content (AvgIpc) is 0.903. The second-order valence-corrected chi connectivity index (χ2v) is 27.5. The highest BCUT2D eigenvalue weighted by Gasteiger charge is 2.28. The Balaban J connectivity index is 2.23. The maximum atomic E-state index is 12.9. The Labute approximate surface area is 570 Å². The second-order valence-electron chi connectivity index (χ2n) is 26.1. The van der Waals surface area contributed by atoms with Crippen molar-refractivity contribution in [3.8, 4) is 0 Å². The van der Waals surface area contributed by atoms with E-state index in [-0.39, 0.29) is 95.8 Å². The molecule has 0 aromatic carbocycles. The topological polar surface area (TPSA) is 230 Å². The molecule has 0 bridgehead atoms. The number of carbonyl (C=O) groups excluding carboxylic acids is 5. The molecule has 0 aliphatic heterocycles. The van der Waals surface area contributed by atoms with Gasteiger partial charge in [0.1, 0.15) is 19.8 Å². The van der Waals surface area contributed by atoms with Crippen molar-refractivity contribution in [2.24, 2.45) is 5.41 Å². The molecule has 94 heavy (non-hydrogen) atoms. The van der Waals surface area contributed by atoms with Crippen molar-refractivity contribution in [3.05, 3.63) is 58.7 Å². The van der Waals surface area contributed by atoms with Crippen molar-refractivity contribution in [3.63, 3.8) is 0 Å². The first-order valence-corrected chi connectivity index (χ1v) is 38.4. The summed E-state index contributed by atoms with van der Waals surface area (Å²) < 4.78 is 60.9. The van der Waals surface area contributed by atoms with Gasteiger partial charge in [0, 0.05) is 38.8 Å². The van der Waals surface area contributed by atoms with Crippen molar-refractivity contribution in [1.82, 2.24) is 10.6 Å². The summed E-state index contributed by atoms with van der Waals surface area (Å²) in [4.78, 5) is 72.6. The van der Waals surface area contributed by atoms with Gasteiger partial charge in [-0.3, -0.25) is 28.2 Å². The molecule has 2 amide bonds. The lowest BCUT2D eigenvalue weighted by Crippen LogP contribution is -2.30. The lowest BCUT2D eigenvalue weighted by atomic mass is 9.72. The summed E-state index contributed by atoms with van der Waals surface area (Å²) in [7, 11) is -4.67. The molecule has 0 aromatic rings. The Morgan fingerprint density at radius 2 is 0.989 bits per heavy atom. The highest BCUT2D eigenvalue weighted by Crippen LogP contribution is 2.43. The highest BCUT2D eigenvalue weighted by molar-refractivity contribution is 7.47. The van der Waals surface area contributed by atoms with Gasteiger partial charge in [-0.15, -0.1) is 0 Å². The third-order valence-corrected chi connectivity index (χ3v) is 17.7. The quantitative estimate of drug-likeness (QED) is 0.0169. The van der Waals surface area contributed by atoms with Crippen LogP contribution in [0.15, 0.2) is 58.7 Å². The van der Waals surface area contributed by atoms with Crippen LogP contribution in [0, 0.1) is 5.41 Å². The van der Waals surface area contributed by atoms with E-state index in [1.54, 1.807) is 0 Å². The Bertz CT molecular complexity index is 2160. The van der Waals surface area contributed by atoms with Crippen molar-refractivity contribution in [2.45, 2.75) is 299 Å². The third kappa shape index (κ3) is 55.9. The molecule has 18 nitrogen and oxygen atoms in total. The number of hydrogen-bond acceptors (Lipinski definition) is 15. The van der Waals surface area contributed by atoms with Crippen LogP contribution in [0.4, 0.5) is 4.79 Å². The van der Waals surface area contributed by atoms with Crippen LogP contribution in [0.1, 0.15) is 292 Å². The molecule has 3 N–H and O–H groups in total. The number of allylic oxidation sites excluding steroid dienone is 9. The van der Waals surface area contributed by atoms with Crippen LogP contribution in [-0.2, 0) is 65.9 Å². The van der Waals surface area contributed by atoms with Gasteiger partial charge in [0.05, 0.1) is 52.9 Å². The first-order valence-electron chi connectivity index (χ1n) is 36.9. The van der Waals surface area contributed by atoms with E-state index in [0.717, 1.165) is 49.7 Å². The van der Waals surface area contributed by atoms with Crippen LogP contribution in [0.2, 0.25) is 0 Å². The summed E-state index contributed by atoms with van der Waals surface area (Å²) in [6.07, 6.45) is 51.5. The molecule has 1 aliphatic carbocycles. The Morgan fingerprint density at radius 1 is 0.521 bits per heavy atom. The fourth-order valence-electron chi connectivity index (χ4n) is 11.0. The fraction of sp³-hybridized carbons (Fsp3) is 0.800. The number of alkyl carbamates (subject to hydrolysis) is 1. The lowest BCUT2D eigenvalue weighted by molar-refractivity contribution is -0.161. The number of carbonyl (C=O) groups is 5. The van der Waals surface area contributed by atoms with Gasteiger partial charge >= 0.3 is 31.8 Å². The lowest BCUT2D eigenvalue weighted by Gasteiger charge is -2.32. The number of phosphoric acid groups is 1.